The number of nitrogens with one attached hydrogen (secondary N) is 1. The van der Waals surface area contributed by atoms with Crippen LogP contribution in [0.3, 0.4) is 0 Å². The third-order valence-electron chi connectivity index (χ3n) is 4.90. The molecule has 0 bridgehead atoms. The highest BCUT2D eigenvalue weighted by Gasteiger charge is 2.19. The number of rotatable bonds is 5. The third kappa shape index (κ3) is 3.56. The topological polar surface area (TPSA) is 73.8 Å². The molecule has 1 N–H and O–H groups in total. The van der Waals surface area contributed by atoms with E-state index in [0.29, 0.717) is 35.2 Å². The van der Waals surface area contributed by atoms with Crippen molar-refractivity contribution in [2.45, 2.75) is 13.1 Å². The molecule has 0 spiro atoms. The van der Waals surface area contributed by atoms with Crippen LogP contribution in [0.15, 0.2) is 64.2 Å². The maximum absolute atomic E-state index is 12.9. The lowest BCUT2D eigenvalue weighted by atomic mass is 10.2. The van der Waals surface area contributed by atoms with Crippen LogP contribution in [0.25, 0.3) is 11.2 Å². The van der Waals surface area contributed by atoms with Crippen molar-refractivity contribution in [3.05, 3.63) is 91.6 Å². The molecule has 148 valence electrons. The fourth-order valence-corrected chi connectivity index (χ4v) is 3.41. The zero-order valence-electron chi connectivity index (χ0n) is 16.1. The Morgan fingerprint density at radius 1 is 0.931 bits per heavy atom. The molecule has 0 radical (unpaired) electrons. The van der Waals surface area contributed by atoms with E-state index in [-0.39, 0.29) is 5.56 Å². The monoisotopic (exact) mass is 409 g/mol. The van der Waals surface area contributed by atoms with Crippen LogP contribution in [0.1, 0.15) is 11.1 Å². The zero-order chi connectivity index (χ0) is 20.5. The van der Waals surface area contributed by atoms with Gasteiger partial charge in [-0.25, -0.2) is 4.79 Å². The molecule has 0 atom stereocenters. The van der Waals surface area contributed by atoms with Crippen LogP contribution in [-0.2, 0) is 27.2 Å². The molecule has 0 saturated heterocycles. The molecule has 0 aliphatic carbocycles. The molecule has 7 nitrogen and oxygen atoms in total. The number of anilines is 1. The van der Waals surface area contributed by atoms with E-state index in [9.17, 15) is 9.59 Å². The maximum atomic E-state index is 12.9. The van der Waals surface area contributed by atoms with Crippen molar-refractivity contribution in [3.8, 4) is 0 Å². The van der Waals surface area contributed by atoms with Crippen molar-refractivity contribution in [3.63, 3.8) is 0 Å². The van der Waals surface area contributed by atoms with Gasteiger partial charge in [0.2, 0.25) is 5.95 Å². The number of hydrogen-bond donors (Lipinski definition) is 1. The smallest absolute Gasteiger partial charge is 0.332 e. The molecule has 0 amide bonds. The summed E-state index contributed by atoms with van der Waals surface area (Å²) < 4.78 is 4.30. The van der Waals surface area contributed by atoms with Crippen LogP contribution < -0.4 is 16.6 Å². The quantitative estimate of drug-likeness (QED) is 0.550. The summed E-state index contributed by atoms with van der Waals surface area (Å²) in [5.41, 5.74) is 1.99. The normalized spacial score (nSPS) is 11.1. The summed E-state index contributed by atoms with van der Waals surface area (Å²) in [6, 6.07) is 17.3. The summed E-state index contributed by atoms with van der Waals surface area (Å²) in [4.78, 5) is 29.8. The molecule has 0 fully saturated rings. The van der Waals surface area contributed by atoms with Gasteiger partial charge in [0.1, 0.15) is 0 Å². The van der Waals surface area contributed by atoms with E-state index in [1.54, 1.807) is 19.2 Å². The first kappa shape index (κ1) is 19.0. The van der Waals surface area contributed by atoms with Crippen LogP contribution in [0, 0.1) is 0 Å². The van der Waals surface area contributed by atoms with Gasteiger partial charge in [0, 0.05) is 25.7 Å². The van der Waals surface area contributed by atoms with Gasteiger partial charge in [0.15, 0.2) is 11.2 Å². The first-order valence-electron chi connectivity index (χ1n) is 9.14. The van der Waals surface area contributed by atoms with E-state index >= 15 is 0 Å². The summed E-state index contributed by atoms with van der Waals surface area (Å²) >= 11 is 6.00. The second kappa shape index (κ2) is 7.60. The van der Waals surface area contributed by atoms with Crippen molar-refractivity contribution in [1.82, 2.24) is 18.7 Å². The van der Waals surface area contributed by atoms with Crippen LogP contribution >= 0.6 is 11.6 Å². The van der Waals surface area contributed by atoms with Gasteiger partial charge in [-0.3, -0.25) is 18.5 Å². The average molecular weight is 410 g/mol. The maximum Gasteiger partial charge on any atom is 0.332 e. The van der Waals surface area contributed by atoms with Crippen molar-refractivity contribution < 1.29 is 0 Å². The second-order valence-corrected chi connectivity index (χ2v) is 7.30. The Morgan fingerprint density at radius 2 is 1.62 bits per heavy atom. The van der Waals surface area contributed by atoms with Crippen molar-refractivity contribution in [2.75, 3.05) is 5.32 Å². The third-order valence-corrected chi connectivity index (χ3v) is 5.15. The average Bonchev–Trinajstić information content (AvgIpc) is 3.10. The minimum atomic E-state index is -0.409. The van der Waals surface area contributed by atoms with Crippen LogP contribution in [-0.4, -0.2) is 18.7 Å². The summed E-state index contributed by atoms with van der Waals surface area (Å²) in [7, 11) is 3.09. The van der Waals surface area contributed by atoms with E-state index in [2.05, 4.69) is 10.3 Å². The van der Waals surface area contributed by atoms with Gasteiger partial charge in [-0.15, -0.1) is 0 Å². The Kier molecular flexibility index (Phi) is 4.98. The van der Waals surface area contributed by atoms with Gasteiger partial charge in [-0.2, -0.15) is 4.98 Å². The molecule has 2 aromatic carbocycles. The molecule has 0 saturated carbocycles. The Balaban J connectivity index is 1.85. The molecule has 0 aliphatic rings. The van der Waals surface area contributed by atoms with Gasteiger partial charge in [0.25, 0.3) is 5.56 Å². The van der Waals surface area contributed by atoms with E-state index in [1.165, 1.54) is 11.6 Å². The van der Waals surface area contributed by atoms with Gasteiger partial charge in [-0.1, -0.05) is 54.1 Å². The summed E-state index contributed by atoms with van der Waals surface area (Å²) in [5, 5.41) is 3.95. The lowest BCUT2D eigenvalue weighted by Crippen LogP contribution is -2.37. The second-order valence-electron chi connectivity index (χ2n) is 6.87. The Morgan fingerprint density at radius 3 is 2.31 bits per heavy atom. The van der Waals surface area contributed by atoms with E-state index in [1.807, 2.05) is 47.0 Å². The highest BCUT2D eigenvalue weighted by atomic mass is 35.5. The highest BCUT2D eigenvalue weighted by molar-refractivity contribution is 6.30. The molecule has 0 unspecified atom stereocenters. The standard InChI is InChI=1S/C21H20ClN5O2/c1-25-18-17(19(28)26(2)21(25)29)27(13-15-8-10-16(22)11-9-15)20(24-18)23-12-14-6-4-3-5-7-14/h3-11H,12-13H2,1-2H3,(H,23,24). The number of imidazole rings is 1. The number of aryl methyl sites for hydroxylation is 1. The number of fused-ring (bicyclic) bond motifs is 1. The number of aromatic nitrogens is 4. The molecule has 8 heteroatoms. The van der Waals surface area contributed by atoms with Gasteiger partial charge in [-0.05, 0) is 23.3 Å². The van der Waals surface area contributed by atoms with Crippen molar-refractivity contribution in [2.24, 2.45) is 14.1 Å². The van der Waals surface area contributed by atoms with Crippen LogP contribution in [0.4, 0.5) is 5.95 Å². The first-order chi connectivity index (χ1) is 14.0. The molecule has 2 aromatic heterocycles. The largest absolute Gasteiger partial charge is 0.351 e. The summed E-state index contributed by atoms with van der Waals surface area (Å²) in [6.07, 6.45) is 0. The Bertz CT molecular complexity index is 1290. The molecule has 4 rings (SSSR count). The Hall–Kier alpha value is -3.32. The number of benzene rings is 2. The molecule has 29 heavy (non-hydrogen) atoms. The molecular weight excluding hydrogens is 390 g/mol. The lowest BCUT2D eigenvalue weighted by Gasteiger charge is -2.11. The zero-order valence-corrected chi connectivity index (χ0v) is 16.8. The lowest BCUT2D eigenvalue weighted by molar-refractivity contribution is 0.702. The fraction of sp³-hybridized carbons (Fsp3) is 0.190. The van der Waals surface area contributed by atoms with E-state index < -0.39 is 5.69 Å². The number of hydrogen-bond acceptors (Lipinski definition) is 4. The minimum absolute atomic E-state index is 0.350. The highest BCUT2D eigenvalue weighted by Crippen LogP contribution is 2.19. The van der Waals surface area contributed by atoms with Crippen LogP contribution in [0.5, 0.6) is 0 Å². The SMILES string of the molecule is Cn1c(=O)c2c(nc(NCc3ccccc3)n2Cc2ccc(Cl)cc2)n(C)c1=O. The number of nitrogens with zero attached hydrogens (tertiary/aromatic N) is 4. The first-order valence-corrected chi connectivity index (χ1v) is 9.52. The summed E-state index contributed by atoms with van der Waals surface area (Å²) in [5.74, 6) is 0.525. The fourth-order valence-electron chi connectivity index (χ4n) is 3.28. The predicted octanol–water partition coefficient (Wildman–Crippen LogP) is 2.75. The van der Waals surface area contributed by atoms with E-state index in [4.69, 9.17) is 11.6 Å². The molecular formula is C21H20ClN5O2. The predicted molar refractivity (Wildman–Crippen MR) is 115 cm³/mol. The number of halogens is 1. The van der Waals surface area contributed by atoms with Gasteiger partial charge < -0.3 is 5.32 Å². The van der Waals surface area contributed by atoms with Crippen LogP contribution in [0.2, 0.25) is 5.02 Å². The van der Waals surface area contributed by atoms with Crippen molar-refractivity contribution >= 4 is 28.7 Å². The minimum Gasteiger partial charge on any atom is -0.351 e. The van der Waals surface area contributed by atoms with E-state index in [0.717, 1.165) is 15.7 Å². The molecule has 0 aliphatic heterocycles. The van der Waals surface area contributed by atoms with Crippen molar-refractivity contribution in [1.29, 1.82) is 0 Å². The Labute approximate surface area is 171 Å². The van der Waals surface area contributed by atoms with Gasteiger partial charge in [0.05, 0.1) is 6.54 Å². The summed E-state index contributed by atoms with van der Waals surface area (Å²) in [6.45, 7) is 0.956. The molecule has 4 aromatic rings. The van der Waals surface area contributed by atoms with Gasteiger partial charge >= 0.3 is 5.69 Å². The molecule has 2 heterocycles.